The summed E-state index contributed by atoms with van der Waals surface area (Å²) in [6.45, 7) is 3.83. The monoisotopic (exact) mass is 252 g/mol. The molecule has 0 atom stereocenters. The molecule has 0 aliphatic rings. The van der Waals surface area contributed by atoms with Crippen molar-refractivity contribution in [3.05, 3.63) is 24.0 Å². The highest BCUT2D eigenvalue weighted by molar-refractivity contribution is 5.93. The number of hydrogen-bond donors (Lipinski definition) is 3. The number of unbranched alkanes of at least 4 members (excludes halogenated alkanes) is 1. The van der Waals surface area contributed by atoms with Crippen molar-refractivity contribution in [3.8, 4) is 0 Å². The summed E-state index contributed by atoms with van der Waals surface area (Å²) in [7, 11) is 0. The minimum atomic E-state index is -0.230. The van der Waals surface area contributed by atoms with Crippen molar-refractivity contribution in [2.45, 2.75) is 19.8 Å². The summed E-state index contributed by atoms with van der Waals surface area (Å²) in [4.78, 5) is 15.7. The van der Waals surface area contributed by atoms with Gasteiger partial charge in [0.1, 0.15) is 5.69 Å². The van der Waals surface area contributed by atoms with Crippen LogP contribution in [0.2, 0.25) is 0 Å². The molecule has 6 nitrogen and oxygen atoms in total. The van der Waals surface area contributed by atoms with Gasteiger partial charge >= 0.3 is 0 Å². The maximum atomic E-state index is 11.7. The molecule has 4 N–H and O–H groups in total. The molecule has 1 rings (SSSR count). The van der Waals surface area contributed by atoms with Gasteiger partial charge in [0.05, 0.1) is 12.3 Å². The number of carbonyl (C=O) groups excluding carboxylic acids is 1. The SMILES string of the molecule is CCCCOCCNC(=O)c1cc(NN)ccn1. The van der Waals surface area contributed by atoms with Crippen LogP contribution in [0, 0.1) is 0 Å². The van der Waals surface area contributed by atoms with Crippen LogP contribution in [0.3, 0.4) is 0 Å². The molecule has 0 spiro atoms. The zero-order valence-electron chi connectivity index (χ0n) is 10.6. The highest BCUT2D eigenvalue weighted by Gasteiger charge is 2.06. The lowest BCUT2D eigenvalue weighted by Gasteiger charge is -2.06. The van der Waals surface area contributed by atoms with Gasteiger partial charge in [0.15, 0.2) is 0 Å². The number of amides is 1. The molecule has 1 aromatic rings. The van der Waals surface area contributed by atoms with Gasteiger partial charge in [-0.3, -0.25) is 15.6 Å². The molecule has 1 aromatic heterocycles. The van der Waals surface area contributed by atoms with Crippen LogP contribution in [0.4, 0.5) is 5.69 Å². The summed E-state index contributed by atoms with van der Waals surface area (Å²) < 4.78 is 5.34. The van der Waals surface area contributed by atoms with E-state index in [-0.39, 0.29) is 5.91 Å². The smallest absolute Gasteiger partial charge is 0.270 e. The number of nitrogens with one attached hydrogen (secondary N) is 2. The van der Waals surface area contributed by atoms with Crippen LogP contribution in [0.25, 0.3) is 0 Å². The highest BCUT2D eigenvalue weighted by Crippen LogP contribution is 2.05. The minimum Gasteiger partial charge on any atom is -0.380 e. The molecule has 0 unspecified atom stereocenters. The Morgan fingerprint density at radius 3 is 3.06 bits per heavy atom. The molecule has 0 fully saturated rings. The third kappa shape index (κ3) is 5.11. The Labute approximate surface area is 107 Å². The fraction of sp³-hybridized carbons (Fsp3) is 0.500. The van der Waals surface area contributed by atoms with Crippen molar-refractivity contribution >= 4 is 11.6 Å². The van der Waals surface area contributed by atoms with Crippen molar-refractivity contribution < 1.29 is 9.53 Å². The third-order valence-electron chi connectivity index (χ3n) is 2.33. The van der Waals surface area contributed by atoms with Gasteiger partial charge in [-0.1, -0.05) is 13.3 Å². The first-order valence-electron chi connectivity index (χ1n) is 6.06. The summed E-state index contributed by atoms with van der Waals surface area (Å²) in [6.07, 6.45) is 3.68. The minimum absolute atomic E-state index is 0.230. The van der Waals surface area contributed by atoms with Gasteiger partial charge in [-0.2, -0.15) is 0 Å². The topological polar surface area (TPSA) is 89.3 Å². The number of aromatic nitrogens is 1. The summed E-state index contributed by atoms with van der Waals surface area (Å²) in [6, 6.07) is 3.28. The van der Waals surface area contributed by atoms with Gasteiger partial charge in [-0.05, 0) is 18.6 Å². The molecule has 0 aliphatic heterocycles. The van der Waals surface area contributed by atoms with Crippen molar-refractivity contribution in [3.63, 3.8) is 0 Å². The Hall–Kier alpha value is -1.66. The van der Waals surface area contributed by atoms with E-state index in [9.17, 15) is 4.79 Å². The largest absolute Gasteiger partial charge is 0.380 e. The van der Waals surface area contributed by atoms with Gasteiger partial charge in [0.25, 0.3) is 5.91 Å². The van der Waals surface area contributed by atoms with Gasteiger partial charge in [0, 0.05) is 19.3 Å². The average Bonchev–Trinajstić information content (AvgIpc) is 2.42. The predicted octanol–water partition coefficient (Wildman–Crippen LogP) is 0.914. The van der Waals surface area contributed by atoms with E-state index in [1.54, 1.807) is 12.1 Å². The molecule has 0 aromatic carbocycles. The Morgan fingerprint density at radius 2 is 2.33 bits per heavy atom. The molecule has 1 heterocycles. The number of ether oxygens (including phenoxy) is 1. The van der Waals surface area contributed by atoms with Crippen LogP contribution in [0.15, 0.2) is 18.3 Å². The fourth-order valence-electron chi connectivity index (χ4n) is 1.32. The van der Waals surface area contributed by atoms with Gasteiger partial charge < -0.3 is 15.5 Å². The van der Waals surface area contributed by atoms with E-state index in [0.29, 0.717) is 24.5 Å². The van der Waals surface area contributed by atoms with Crippen LogP contribution in [-0.4, -0.2) is 30.6 Å². The Morgan fingerprint density at radius 1 is 1.50 bits per heavy atom. The second kappa shape index (κ2) is 8.43. The normalized spacial score (nSPS) is 10.1. The fourth-order valence-corrected chi connectivity index (χ4v) is 1.32. The second-order valence-electron chi connectivity index (χ2n) is 3.80. The van der Waals surface area contributed by atoms with E-state index >= 15 is 0 Å². The molecule has 1 amide bonds. The summed E-state index contributed by atoms with van der Waals surface area (Å²) >= 11 is 0. The summed E-state index contributed by atoms with van der Waals surface area (Å²) in [5.41, 5.74) is 3.45. The summed E-state index contributed by atoms with van der Waals surface area (Å²) in [5, 5.41) is 2.73. The molecule has 0 radical (unpaired) electrons. The van der Waals surface area contributed by atoms with Gasteiger partial charge in [-0.15, -0.1) is 0 Å². The van der Waals surface area contributed by atoms with E-state index in [0.717, 1.165) is 19.4 Å². The van der Waals surface area contributed by atoms with Crippen molar-refractivity contribution in [1.82, 2.24) is 10.3 Å². The average molecular weight is 252 g/mol. The maximum Gasteiger partial charge on any atom is 0.270 e. The lowest BCUT2D eigenvalue weighted by Crippen LogP contribution is -2.28. The number of hydrogen-bond acceptors (Lipinski definition) is 5. The number of rotatable bonds is 8. The Balaban J connectivity index is 2.27. The van der Waals surface area contributed by atoms with Crippen LogP contribution >= 0.6 is 0 Å². The molecular formula is C12H20N4O2. The van der Waals surface area contributed by atoms with Crippen molar-refractivity contribution in [2.24, 2.45) is 5.84 Å². The van der Waals surface area contributed by atoms with Crippen molar-refractivity contribution in [1.29, 1.82) is 0 Å². The first kappa shape index (κ1) is 14.4. The number of pyridine rings is 1. The molecule has 100 valence electrons. The van der Waals surface area contributed by atoms with Gasteiger partial charge in [-0.25, -0.2) is 0 Å². The number of nitrogens with two attached hydrogens (primary N) is 1. The first-order chi connectivity index (χ1) is 8.77. The quantitative estimate of drug-likeness (QED) is 0.363. The lowest BCUT2D eigenvalue weighted by molar-refractivity contribution is 0.0908. The van der Waals surface area contributed by atoms with E-state index in [2.05, 4.69) is 22.7 Å². The molecule has 6 heteroatoms. The molecule has 0 bridgehead atoms. The number of nitrogens with zero attached hydrogens (tertiary/aromatic N) is 1. The second-order valence-corrected chi connectivity index (χ2v) is 3.80. The number of hydrazine groups is 1. The zero-order chi connectivity index (χ0) is 13.2. The Kier molecular flexibility index (Phi) is 6.75. The highest BCUT2D eigenvalue weighted by atomic mass is 16.5. The van der Waals surface area contributed by atoms with E-state index in [1.165, 1.54) is 6.20 Å². The lowest BCUT2D eigenvalue weighted by atomic mass is 10.3. The first-order valence-corrected chi connectivity index (χ1v) is 6.06. The van der Waals surface area contributed by atoms with Crippen LogP contribution in [0.1, 0.15) is 30.3 Å². The number of anilines is 1. The third-order valence-corrected chi connectivity index (χ3v) is 2.33. The van der Waals surface area contributed by atoms with E-state index in [1.807, 2.05) is 0 Å². The van der Waals surface area contributed by atoms with Crippen molar-refractivity contribution in [2.75, 3.05) is 25.2 Å². The number of carbonyl (C=O) groups is 1. The molecular weight excluding hydrogens is 232 g/mol. The molecule has 0 aliphatic carbocycles. The van der Waals surface area contributed by atoms with Crippen LogP contribution < -0.4 is 16.6 Å². The van der Waals surface area contributed by atoms with Crippen LogP contribution in [-0.2, 0) is 4.74 Å². The van der Waals surface area contributed by atoms with Gasteiger partial charge in [0.2, 0.25) is 0 Å². The molecule has 0 saturated heterocycles. The summed E-state index contributed by atoms with van der Waals surface area (Å²) in [5.74, 6) is 5.03. The Bertz CT molecular complexity index is 371. The standard InChI is InChI=1S/C12H20N4O2/c1-2-3-7-18-8-6-15-12(17)11-9-10(16-13)4-5-14-11/h4-5,9H,2-3,6-8,13H2,1H3,(H,14,16)(H,15,17). The predicted molar refractivity (Wildman–Crippen MR) is 70.1 cm³/mol. The van der Waals surface area contributed by atoms with E-state index < -0.39 is 0 Å². The van der Waals surface area contributed by atoms with E-state index in [4.69, 9.17) is 10.6 Å². The zero-order valence-corrected chi connectivity index (χ0v) is 10.6. The maximum absolute atomic E-state index is 11.7. The molecule has 18 heavy (non-hydrogen) atoms. The number of nitrogen functional groups attached to an aromatic ring is 1. The van der Waals surface area contributed by atoms with Crippen LogP contribution in [0.5, 0.6) is 0 Å². The molecule has 0 saturated carbocycles.